The molecule has 0 fully saturated rings. The summed E-state index contributed by atoms with van der Waals surface area (Å²) in [5, 5.41) is 23.7. The standard InChI is InChI=1S/C20H20N6S.CHNO/c1-14-6-4-8-17(10-14)19-12-22-26(24-19)18-9-5-7-16(11-18)15(2)27-20-23-21-13-25(20)3;2-1-3/h4-13,15H,1-3H3;2H/t15-;/m0./s1. The van der Waals surface area contributed by atoms with Gasteiger partial charge in [-0.1, -0.05) is 47.7 Å². The highest BCUT2D eigenvalue weighted by atomic mass is 32.2. The van der Waals surface area contributed by atoms with Crippen molar-refractivity contribution in [1.82, 2.24) is 29.8 Å². The SMILES string of the molecule is Cc1cccc(-c2cnn(-c3cccc([C@H](C)Sc4nncn4C)c3)n2)c1.N=C=O. The van der Waals surface area contributed by atoms with E-state index in [9.17, 15) is 0 Å². The molecule has 0 aliphatic carbocycles. The Kier molecular flexibility index (Phi) is 6.90. The maximum absolute atomic E-state index is 8.35. The van der Waals surface area contributed by atoms with Gasteiger partial charge in [0, 0.05) is 17.9 Å². The molecule has 0 unspecified atom stereocenters. The van der Waals surface area contributed by atoms with Gasteiger partial charge in [0.25, 0.3) is 0 Å². The summed E-state index contributed by atoms with van der Waals surface area (Å²) in [4.78, 5) is 10.0. The third-order valence-corrected chi connectivity index (χ3v) is 5.53. The highest BCUT2D eigenvalue weighted by Crippen LogP contribution is 2.33. The smallest absolute Gasteiger partial charge is 0.231 e. The summed E-state index contributed by atoms with van der Waals surface area (Å²) in [5.74, 6) is 0. The molecule has 152 valence electrons. The first-order valence-electron chi connectivity index (χ1n) is 9.16. The fourth-order valence-electron chi connectivity index (χ4n) is 2.83. The van der Waals surface area contributed by atoms with Gasteiger partial charge < -0.3 is 4.57 Å². The summed E-state index contributed by atoms with van der Waals surface area (Å²) in [6.45, 7) is 4.24. The van der Waals surface area contributed by atoms with Crippen LogP contribution in [0.3, 0.4) is 0 Å². The predicted octanol–water partition coefficient (Wildman–Crippen LogP) is 4.13. The van der Waals surface area contributed by atoms with E-state index in [0.717, 1.165) is 28.2 Å². The highest BCUT2D eigenvalue weighted by Gasteiger charge is 2.13. The minimum Gasteiger partial charge on any atom is -0.312 e. The minimum absolute atomic E-state index is 0.236. The van der Waals surface area contributed by atoms with Crippen molar-refractivity contribution in [1.29, 1.82) is 5.41 Å². The van der Waals surface area contributed by atoms with Crippen molar-refractivity contribution in [3.63, 3.8) is 0 Å². The van der Waals surface area contributed by atoms with Gasteiger partial charge in [-0.2, -0.15) is 9.90 Å². The van der Waals surface area contributed by atoms with E-state index in [-0.39, 0.29) is 5.25 Å². The lowest BCUT2D eigenvalue weighted by Gasteiger charge is -2.12. The lowest BCUT2D eigenvalue weighted by atomic mass is 10.1. The number of isocyanates is 1. The topological polar surface area (TPSA) is 102 Å². The number of benzene rings is 2. The van der Waals surface area contributed by atoms with Crippen molar-refractivity contribution in [2.45, 2.75) is 24.3 Å². The second kappa shape index (κ2) is 9.78. The number of hydrogen-bond acceptors (Lipinski definition) is 7. The molecule has 0 amide bonds. The number of carbonyl (C=O) groups excluding carboxylic acids is 1. The molecular formula is C21H21N7OS. The van der Waals surface area contributed by atoms with E-state index in [2.05, 4.69) is 64.6 Å². The van der Waals surface area contributed by atoms with Gasteiger partial charge in [-0.3, -0.25) is 0 Å². The van der Waals surface area contributed by atoms with Crippen molar-refractivity contribution < 1.29 is 4.79 Å². The Balaban J connectivity index is 0.000000806. The Morgan fingerprint density at radius 2 is 1.93 bits per heavy atom. The van der Waals surface area contributed by atoms with Gasteiger partial charge in [0.05, 0.1) is 11.9 Å². The molecule has 0 radical (unpaired) electrons. The molecule has 0 bridgehead atoms. The highest BCUT2D eigenvalue weighted by molar-refractivity contribution is 7.99. The number of nitrogens with zero attached hydrogens (tertiary/aromatic N) is 6. The summed E-state index contributed by atoms with van der Waals surface area (Å²) in [6, 6.07) is 16.6. The fraction of sp³-hybridized carbons (Fsp3) is 0.190. The van der Waals surface area contributed by atoms with E-state index < -0.39 is 0 Å². The van der Waals surface area contributed by atoms with Gasteiger partial charge in [0.1, 0.15) is 12.0 Å². The first kappa shape index (κ1) is 21.2. The first-order valence-corrected chi connectivity index (χ1v) is 10.0. The fourth-order valence-corrected chi connectivity index (χ4v) is 3.74. The summed E-state index contributed by atoms with van der Waals surface area (Å²) >= 11 is 1.68. The molecule has 0 aliphatic rings. The lowest BCUT2D eigenvalue weighted by molar-refractivity contribution is 0.563. The number of thioether (sulfide) groups is 1. The third-order valence-electron chi connectivity index (χ3n) is 4.33. The summed E-state index contributed by atoms with van der Waals surface area (Å²) in [5.41, 5.74) is 5.28. The molecular weight excluding hydrogens is 398 g/mol. The zero-order valence-corrected chi connectivity index (χ0v) is 17.7. The van der Waals surface area contributed by atoms with Crippen LogP contribution in [0.4, 0.5) is 0 Å². The van der Waals surface area contributed by atoms with Crippen LogP contribution in [0.1, 0.15) is 23.3 Å². The van der Waals surface area contributed by atoms with Gasteiger partial charge in [-0.05, 0) is 37.6 Å². The Morgan fingerprint density at radius 1 is 1.17 bits per heavy atom. The monoisotopic (exact) mass is 419 g/mol. The lowest BCUT2D eigenvalue weighted by Crippen LogP contribution is -2.01. The zero-order valence-electron chi connectivity index (χ0n) is 16.9. The molecule has 2 aromatic carbocycles. The number of nitrogens with one attached hydrogen (secondary N) is 1. The maximum atomic E-state index is 8.35. The van der Waals surface area contributed by atoms with E-state index in [4.69, 9.17) is 10.2 Å². The van der Waals surface area contributed by atoms with Crippen LogP contribution in [0.5, 0.6) is 0 Å². The molecule has 4 aromatic rings. The molecule has 4 rings (SSSR count). The average molecular weight is 420 g/mol. The van der Waals surface area contributed by atoms with Crippen LogP contribution in [-0.4, -0.2) is 35.8 Å². The Bertz CT molecular complexity index is 1160. The van der Waals surface area contributed by atoms with E-state index in [1.165, 1.54) is 11.1 Å². The number of hydrogen-bond donors (Lipinski definition) is 1. The molecule has 1 N–H and O–H groups in total. The minimum atomic E-state index is 0.236. The molecule has 0 aliphatic heterocycles. The predicted molar refractivity (Wildman–Crippen MR) is 115 cm³/mol. The summed E-state index contributed by atoms with van der Waals surface area (Å²) < 4.78 is 1.92. The normalized spacial score (nSPS) is 11.3. The van der Waals surface area contributed by atoms with Crippen LogP contribution in [0.25, 0.3) is 16.9 Å². The van der Waals surface area contributed by atoms with Crippen molar-refractivity contribution in [3.05, 3.63) is 72.2 Å². The first-order chi connectivity index (χ1) is 14.5. The van der Waals surface area contributed by atoms with Crippen LogP contribution in [0.15, 0.2) is 66.2 Å². The average Bonchev–Trinajstić information content (AvgIpc) is 3.38. The summed E-state index contributed by atoms with van der Waals surface area (Å²) in [6.07, 6.45) is 4.27. The maximum Gasteiger partial charge on any atom is 0.231 e. The quantitative estimate of drug-likeness (QED) is 0.296. The van der Waals surface area contributed by atoms with Crippen LogP contribution < -0.4 is 0 Å². The van der Waals surface area contributed by atoms with Crippen molar-refractivity contribution in [2.75, 3.05) is 0 Å². The van der Waals surface area contributed by atoms with Gasteiger partial charge in [-0.15, -0.1) is 15.3 Å². The van der Waals surface area contributed by atoms with E-state index >= 15 is 0 Å². The molecule has 2 aromatic heterocycles. The molecule has 0 saturated carbocycles. The summed E-state index contributed by atoms with van der Waals surface area (Å²) in [7, 11) is 1.95. The van der Waals surface area contributed by atoms with Gasteiger partial charge in [0.15, 0.2) is 5.16 Å². The molecule has 2 heterocycles. The number of aromatic nitrogens is 6. The zero-order chi connectivity index (χ0) is 21.5. The molecule has 9 heteroatoms. The second-order valence-corrected chi connectivity index (χ2v) is 7.88. The third kappa shape index (κ3) is 5.08. The molecule has 0 saturated heterocycles. The van der Waals surface area contributed by atoms with E-state index in [1.54, 1.807) is 29.1 Å². The van der Waals surface area contributed by atoms with Crippen molar-refractivity contribution in [2.24, 2.45) is 7.05 Å². The van der Waals surface area contributed by atoms with Gasteiger partial charge in [-0.25, -0.2) is 10.2 Å². The Morgan fingerprint density at radius 3 is 2.63 bits per heavy atom. The second-order valence-electron chi connectivity index (χ2n) is 6.57. The van der Waals surface area contributed by atoms with Crippen LogP contribution in [0.2, 0.25) is 0 Å². The number of rotatable bonds is 5. The van der Waals surface area contributed by atoms with E-state index in [0.29, 0.717) is 0 Å². The molecule has 30 heavy (non-hydrogen) atoms. The Hall–Kier alpha value is -3.55. The van der Waals surface area contributed by atoms with Gasteiger partial charge in [0.2, 0.25) is 6.08 Å². The van der Waals surface area contributed by atoms with Crippen LogP contribution >= 0.6 is 11.8 Å². The molecule has 1 atom stereocenters. The van der Waals surface area contributed by atoms with E-state index in [1.807, 2.05) is 29.8 Å². The van der Waals surface area contributed by atoms with Crippen molar-refractivity contribution in [3.8, 4) is 16.9 Å². The molecule has 0 spiro atoms. The van der Waals surface area contributed by atoms with Gasteiger partial charge >= 0.3 is 0 Å². The van der Waals surface area contributed by atoms with Crippen molar-refractivity contribution >= 4 is 17.8 Å². The number of aryl methyl sites for hydroxylation is 2. The van der Waals surface area contributed by atoms with Crippen LogP contribution in [-0.2, 0) is 11.8 Å². The largest absolute Gasteiger partial charge is 0.312 e. The molecule has 8 nitrogen and oxygen atoms in total. The van der Waals surface area contributed by atoms with Crippen LogP contribution in [0, 0.1) is 12.3 Å². The Labute approximate surface area is 178 Å².